The Morgan fingerprint density at radius 2 is 1.70 bits per heavy atom. The number of nitrogens with zero attached hydrogens (tertiary/aromatic N) is 1. The van der Waals surface area contributed by atoms with E-state index in [9.17, 15) is 9.59 Å². The largest absolute Gasteiger partial charge is 0.454 e. The Bertz CT molecular complexity index is 885. The van der Waals surface area contributed by atoms with Crippen LogP contribution >= 0.6 is 0 Å². The Balaban J connectivity index is 1.40. The van der Waals surface area contributed by atoms with Crippen molar-refractivity contribution >= 4 is 11.8 Å². The molecule has 2 aliphatic heterocycles. The van der Waals surface area contributed by atoms with E-state index in [1.165, 1.54) is 16.0 Å². The third kappa shape index (κ3) is 3.68. The van der Waals surface area contributed by atoms with E-state index in [1.807, 2.05) is 18.2 Å². The predicted molar refractivity (Wildman–Crippen MR) is 101 cm³/mol. The summed E-state index contributed by atoms with van der Waals surface area (Å²) in [4.78, 5) is 26.6. The number of hydrogen-bond donors (Lipinski definition) is 0. The molecule has 2 aromatic rings. The van der Waals surface area contributed by atoms with Gasteiger partial charge in [-0.1, -0.05) is 35.4 Å². The predicted octanol–water partition coefficient (Wildman–Crippen LogP) is 3.19. The van der Waals surface area contributed by atoms with Gasteiger partial charge in [0.1, 0.15) is 0 Å². The summed E-state index contributed by atoms with van der Waals surface area (Å²) in [7, 11) is 0. The van der Waals surface area contributed by atoms with Crippen molar-refractivity contribution in [3.05, 3.63) is 58.7 Å². The van der Waals surface area contributed by atoms with Crippen LogP contribution in [0.3, 0.4) is 0 Å². The average molecular weight is 365 g/mol. The third-order valence-electron chi connectivity index (χ3n) is 5.16. The van der Waals surface area contributed by atoms with Crippen LogP contribution in [0.15, 0.2) is 36.4 Å². The zero-order chi connectivity index (χ0) is 19.0. The van der Waals surface area contributed by atoms with Crippen molar-refractivity contribution in [2.45, 2.75) is 33.1 Å². The maximum atomic E-state index is 12.8. The molecular weight excluding hydrogens is 342 g/mol. The fraction of sp³-hybridized carbons (Fsp3) is 0.364. The van der Waals surface area contributed by atoms with Gasteiger partial charge in [0.2, 0.25) is 18.6 Å². The highest BCUT2D eigenvalue weighted by Gasteiger charge is 2.38. The van der Waals surface area contributed by atoms with Gasteiger partial charge in [-0.3, -0.25) is 14.5 Å². The third-order valence-corrected chi connectivity index (χ3v) is 5.16. The van der Waals surface area contributed by atoms with E-state index >= 15 is 0 Å². The normalized spacial score (nSPS) is 18.4. The summed E-state index contributed by atoms with van der Waals surface area (Å²) in [6, 6.07) is 12.0. The lowest BCUT2D eigenvalue weighted by molar-refractivity contribution is -0.139. The monoisotopic (exact) mass is 365 g/mol. The van der Waals surface area contributed by atoms with E-state index in [0.717, 1.165) is 22.6 Å². The molecule has 27 heavy (non-hydrogen) atoms. The molecule has 1 atom stereocenters. The standard InChI is InChI=1S/C22H23NO4/c1-14-7-15(2)9-17(8-14)10-18-12-21(24)23(22(18)25)6-5-16-3-4-19-20(11-16)27-13-26-19/h3-4,7-9,11,18H,5-6,10,12-13H2,1-2H3/t18-/m1/s1. The Morgan fingerprint density at radius 1 is 0.963 bits per heavy atom. The quantitative estimate of drug-likeness (QED) is 0.764. The summed E-state index contributed by atoms with van der Waals surface area (Å²) < 4.78 is 10.7. The zero-order valence-electron chi connectivity index (χ0n) is 15.7. The molecule has 0 aliphatic carbocycles. The Hall–Kier alpha value is -2.82. The van der Waals surface area contributed by atoms with Gasteiger partial charge in [0.25, 0.3) is 0 Å². The van der Waals surface area contributed by atoms with Crippen LogP contribution in [0.25, 0.3) is 0 Å². The van der Waals surface area contributed by atoms with Gasteiger partial charge in [-0.05, 0) is 49.9 Å². The molecule has 0 aromatic heterocycles. The first-order chi connectivity index (χ1) is 13.0. The SMILES string of the molecule is Cc1cc(C)cc(C[C@@H]2CC(=O)N(CCc3ccc4c(c3)OCO4)C2=O)c1. The number of fused-ring (bicyclic) bond motifs is 1. The molecule has 4 rings (SSSR count). The van der Waals surface area contributed by atoms with E-state index in [0.29, 0.717) is 25.8 Å². The van der Waals surface area contributed by atoms with Crippen LogP contribution in [-0.4, -0.2) is 30.1 Å². The Labute approximate surface area is 158 Å². The number of ether oxygens (including phenoxy) is 2. The Morgan fingerprint density at radius 3 is 2.48 bits per heavy atom. The highest BCUT2D eigenvalue weighted by Crippen LogP contribution is 2.33. The van der Waals surface area contributed by atoms with Gasteiger partial charge in [0.15, 0.2) is 11.5 Å². The van der Waals surface area contributed by atoms with Crippen molar-refractivity contribution < 1.29 is 19.1 Å². The van der Waals surface area contributed by atoms with E-state index in [4.69, 9.17) is 9.47 Å². The lowest BCUT2D eigenvalue weighted by Crippen LogP contribution is -2.33. The lowest BCUT2D eigenvalue weighted by Gasteiger charge is -2.15. The van der Waals surface area contributed by atoms with Crippen LogP contribution in [0, 0.1) is 19.8 Å². The fourth-order valence-corrected chi connectivity index (χ4v) is 3.95. The first-order valence-electron chi connectivity index (χ1n) is 9.29. The van der Waals surface area contributed by atoms with E-state index in [2.05, 4.69) is 32.0 Å². The van der Waals surface area contributed by atoms with Crippen LogP contribution < -0.4 is 9.47 Å². The summed E-state index contributed by atoms with van der Waals surface area (Å²) in [5.74, 6) is 1.07. The lowest BCUT2D eigenvalue weighted by atomic mass is 9.95. The Kier molecular flexibility index (Phi) is 4.60. The van der Waals surface area contributed by atoms with Crippen molar-refractivity contribution in [1.29, 1.82) is 0 Å². The van der Waals surface area contributed by atoms with Gasteiger partial charge >= 0.3 is 0 Å². The number of carbonyl (C=O) groups excluding carboxylic acids is 2. The second-order valence-electron chi connectivity index (χ2n) is 7.42. The maximum absolute atomic E-state index is 12.8. The topological polar surface area (TPSA) is 55.8 Å². The number of likely N-dealkylation sites (tertiary alicyclic amines) is 1. The minimum Gasteiger partial charge on any atom is -0.454 e. The van der Waals surface area contributed by atoms with Crippen molar-refractivity contribution in [2.24, 2.45) is 5.92 Å². The molecule has 0 N–H and O–H groups in total. The number of carbonyl (C=O) groups is 2. The first kappa shape index (κ1) is 17.6. The highest BCUT2D eigenvalue weighted by molar-refractivity contribution is 6.03. The minimum atomic E-state index is -0.254. The van der Waals surface area contributed by atoms with Gasteiger partial charge in [-0.15, -0.1) is 0 Å². The van der Waals surface area contributed by atoms with Crippen molar-refractivity contribution in [3.8, 4) is 11.5 Å². The molecule has 0 spiro atoms. The van der Waals surface area contributed by atoms with Crippen molar-refractivity contribution in [3.63, 3.8) is 0 Å². The molecule has 5 heteroatoms. The highest BCUT2D eigenvalue weighted by atomic mass is 16.7. The number of benzene rings is 2. The molecule has 5 nitrogen and oxygen atoms in total. The van der Waals surface area contributed by atoms with Crippen LogP contribution in [0.1, 0.15) is 28.7 Å². The van der Waals surface area contributed by atoms with Crippen LogP contribution in [0.2, 0.25) is 0 Å². The first-order valence-corrected chi connectivity index (χ1v) is 9.29. The van der Waals surface area contributed by atoms with Crippen molar-refractivity contribution in [2.75, 3.05) is 13.3 Å². The van der Waals surface area contributed by atoms with Crippen molar-refractivity contribution in [1.82, 2.24) is 4.90 Å². The van der Waals surface area contributed by atoms with Gasteiger partial charge < -0.3 is 9.47 Å². The second kappa shape index (κ2) is 7.06. The van der Waals surface area contributed by atoms with E-state index < -0.39 is 0 Å². The summed E-state index contributed by atoms with van der Waals surface area (Å²) in [5.41, 5.74) is 4.51. The average Bonchev–Trinajstić information content (AvgIpc) is 3.17. The maximum Gasteiger partial charge on any atom is 0.233 e. The van der Waals surface area contributed by atoms with Crippen LogP contribution in [-0.2, 0) is 22.4 Å². The molecule has 0 radical (unpaired) electrons. The second-order valence-corrected chi connectivity index (χ2v) is 7.42. The molecule has 2 heterocycles. The van der Waals surface area contributed by atoms with Gasteiger partial charge in [0, 0.05) is 13.0 Å². The van der Waals surface area contributed by atoms with Gasteiger partial charge in [0.05, 0.1) is 5.92 Å². The number of aryl methyl sites for hydroxylation is 2. The molecule has 2 amide bonds. The fourth-order valence-electron chi connectivity index (χ4n) is 3.95. The molecule has 140 valence electrons. The number of amides is 2. The molecule has 0 bridgehead atoms. The summed E-state index contributed by atoms with van der Waals surface area (Å²) >= 11 is 0. The number of imide groups is 1. The molecule has 2 aliphatic rings. The summed E-state index contributed by atoms with van der Waals surface area (Å²) in [6.45, 7) is 4.74. The van der Waals surface area contributed by atoms with Crippen LogP contribution in [0.4, 0.5) is 0 Å². The molecule has 0 unspecified atom stereocenters. The number of hydrogen-bond acceptors (Lipinski definition) is 4. The minimum absolute atomic E-state index is 0.0556. The summed E-state index contributed by atoms with van der Waals surface area (Å²) in [5, 5.41) is 0. The summed E-state index contributed by atoms with van der Waals surface area (Å²) in [6.07, 6.45) is 1.53. The molecule has 1 fully saturated rings. The smallest absolute Gasteiger partial charge is 0.233 e. The van der Waals surface area contributed by atoms with Crippen LogP contribution in [0.5, 0.6) is 11.5 Å². The molecule has 1 saturated heterocycles. The number of rotatable bonds is 5. The molecule has 2 aromatic carbocycles. The van der Waals surface area contributed by atoms with Gasteiger partial charge in [-0.25, -0.2) is 0 Å². The molecular formula is C22H23NO4. The van der Waals surface area contributed by atoms with E-state index in [-0.39, 0.29) is 24.5 Å². The molecule has 0 saturated carbocycles. The zero-order valence-corrected chi connectivity index (χ0v) is 15.7. The van der Waals surface area contributed by atoms with E-state index in [1.54, 1.807) is 0 Å². The van der Waals surface area contributed by atoms with Gasteiger partial charge in [-0.2, -0.15) is 0 Å².